The van der Waals surface area contributed by atoms with Gasteiger partial charge in [-0.25, -0.2) is 0 Å². The van der Waals surface area contributed by atoms with Gasteiger partial charge >= 0.3 is 6.18 Å². The molecule has 0 aliphatic carbocycles. The molecule has 0 saturated carbocycles. The largest absolute Gasteiger partial charge is 0.454 e. The second kappa shape index (κ2) is 6.97. The van der Waals surface area contributed by atoms with Gasteiger partial charge in [0.15, 0.2) is 0 Å². The van der Waals surface area contributed by atoms with E-state index in [1.165, 1.54) is 6.08 Å². The van der Waals surface area contributed by atoms with Crippen molar-refractivity contribution < 1.29 is 18.0 Å². The number of benzene rings is 1. The van der Waals surface area contributed by atoms with Crippen molar-refractivity contribution in [2.75, 3.05) is 19.4 Å². The van der Waals surface area contributed by atoms with Crippen molar-refractivity contribution in [1.29, 1.82) is 0 Å². The standard InChI is InChI=1S/C15H17F3N2O/c1-11-4-6-12(7-5-11)19-13(8-9-20(2)3)10-14(21)15(16,17)18/h4-10,19H,1-3H3/b9-8+,13-10-. The zero-order valence-electron chi connectivity index (χ0n) is 12.0. The number of rotatable bonds is 5. The normalized spacial score (nSPS) is 12.6. The van der Waals surface area contributed by atoms with E-state index >= 15 is 0 Å². The fraction of sp³-hybridized carbons (Fsp3) is 0.267. The molecule has 0 atom stereocenters. The van der Waals surface area contributed by atoms with Crippen molar-refractivity contribution in [1.82, 2.24) is 4.90 Å². The number of nitrogens with one attached hydrogen (secondary N) is 1. The molecule has 114 valence electrons. The Morgan fingerprint density at radius 1 is 1.19 bits per heavy atom. The summed E-state index contributed by atoms with van der Waals surface area (Å²) in [5.74, 6) is -1.90. The molecule has 0 heterocycles. The van der Waals surface area contributed by atoms with Crippen LogP contribution >= 0.6 is 0 Å². The lowest BCUT2D eigenvalue weighted by Crippen LogP contribution is -2.21. The van der Waals surface area contributed by atoms with Crippen molar-refractivity contribution in [3.63, 3.8) is 0 Å². The molecule has 0 spiro atoms. The van der Waals surface area contributed by atoms with Crippen LogP contribution in [-0.2, 0) is 4.79 Å². The molecule has 0 unspecified atom stereocenters. The Morgan fingerprint density at radius 3 is 2.24 bits per heavy atom. The predicted molar refractivity (Wildman–Crippen MR) is 76.8 cm³/mol. The summed E-state index contributed by atoms with van der Waals surface area (Å²) >= 11 is 0. The Kier molecular flexibility index (Phi) is 5.58. The van der Waals surface area contributed by atoms with Crippen molar-refractivity contribution in [3.05, 3.63) is 53.9 Å². The molecule has 0 bridgehead atoms. The van der Waals surface area contributed by atoms with E-state index in [4.69, 9.17) is 0 Å². The lowest BCUT2D eigenvalue weighted by Gasteiger charge is -2.10. The minimum atomic E-state index is -4.88. The van der Waals surface area contributed by atoms with E-state index < -0.39 is 12.0 Å². The zero-order chi connectivity index (χ0) is 16.0. The van der Waals surface area contributed by atoms with Gasteiger partial charge in [-0.1, -0.05) is 17.7 Å². The van der Waals surface area contributed by atoms with Gasteiger partial charge in [0.25, 0.3) is 5.78 Å². The summed E-state index contributed by atoms with van der Waals surface area (Å²) in [6, 6.07) is 7.10. The molecule has 0 amide bonds. The third kappa shape index (κ3) is 6.16. The molecule has 0 saturated heterocycles. The van der Waals surface area contributed by atoms with Gasteiger partial charge in [-0.3, -0.25) is 4.79 Å². The van der Waals surface area contributed by atoms with Gasteiger partial charge in [0.2, 0.25) is 0 Å². The van der Waals surface area contributed by atoms with Gasteiger partial charge in [0.05, 0.1) is 0 Å². The van der Waals surface area contributed by atoms with Gasteiger partial charge in [0, 0.05) is 37.8 Å². The lowest BCUT2D eigenvalue weighted by molar-refractivity contribution is -0.165. The number of ketones is 1. The summed E-state index contributed by atoms with van der Waals surface area (Å²) in [5.41, 5.74) is 1.70. The van der Waals surface area contributed by atoms with Crippen molar-refractivity contribution >= 4 is 11.5 Å². The maximum absolute atomic E-state index is 12.3. The number of alkyl halides is 3. The highest BCUT2D eigenvalue weighted by Crippen LogP contribution is 2.19. The van der Waals surface area contributed by atoms with Crippen LogP contribution in [0.1, 0.15) is 5.56 Å². The van der Waals surface area contributed by atoms with Crippen LogP contribution in [0.15, 0.2) is 48.3 Å². The fourth-order valence-corrected chi connectivity index (χ4v) is 1.38. The van der Waals surface area contributed by atoms with Crippen LogP contribution in [0.3, 0.4) is 0 Å². The van der Waals surface area contributed by atoms with Gasteiger partial charge in [0.1, 0.15) is 0 Å². The third-order valence-electron chi connectivity index (χ3n) is 2.46. The molecule has 21 heavy (non-hydrogen) atoms. The summed E-state index contributed by atoms with van der Waals surface area (Å²) in [4.78, 5) is 12.7. The van der Waals surface area contributed by atoms with E-state index in [1.54, 1.807) is 37.3 Å². The Balaban J connectivity index is 3.00. The second-order valence-electron chi connectivity index (χ2n) is 4.73. The topological polar surface area (TPSA) is 32.3 Å². The van der Waals surface area contributed by atoms with E-state index in [0.717, 1.165) is 5.56 Å². The van der Waals surface area contributed by atoms with Gasteiger partial charge in [-0.2, -0.15) is 13.2 Å². The van der Waals surface area contributed by atoms with Crippen molar-refractivity contribution in [2.45, 2.75) is 13.1 Å². The smallest absolute Gasteiger partial charge is 0.383 e. The molecule has 0 aromatic heterocycles. The van der Waals surface area contributed by atoms with E-state index in [1.807, 2.05) is 19.1 Å². The van der Waals surface area contributed by atoms with E-state index in [0.29, 0.717) is 11.8 Å². The van der Waals surface area contributed by atoms with Crippen LogP contribution in [0.25, 0.3) is 0 Å². The number of carbonyl (C=O) groups is 1. The molecule has 1 N–H and O–H groups in total. The first-order chi connectivity index (χ1) is 9.68. The molecular formula is C15H17F3N2O. The number of hydrogen-bond donors (Lipinski definition) is 1. The van der Waals surface area contributed by atoms with E-state index in [9.17, 15) is 18.0 Å². The number of allylic oxidation sites excluding steroid dienone is 2. The van der Waals surface area contributed by atoms with Crippen LogP contribution in [0.5, 0.6) is 0 Å². The maximum atomic E-state index is 12.3. The first kappa shape index (κ1) is 16.8. The highest BCUT2D eigenvalue weighted by Gasteiger charge is 2.36. The summed E-state index contributed by atoms with van der Waals surface area (Å²) in [6.45, 7) is 1.90. The van der Waals surface area contributed by atoms with Crippen molar-refractivity contribution in [3.8, 4) is 0 Å². The molecule has 0 radical (unpaired) electrons. The lowest BCUT2D eigenvalue weighted by atomic mass is 10.2. The van der Waals surface area contributed by atoms with Crippen LogP contribution in [-0.4, -0.2) is 31.0 Å². The monoisotopic (exact) mass is 298 g/mol. The fourth-order valence-electron chi connectivity index (χ4n) is 1.38. The Hall–Kier alpha value is -2.24. The molecule has 1 aromatic carbocycles. The zero-order valence-corrected chi connectivity index (χ0v) is 12.0. The average molecular weight is 298 g/mol. The second-order valence-corrected chi connectivity index (χ2v) is 4.73. The minimum Gasteiger partial charge on any atom is -0.383 e. The summed E-state index contributed by atoms with van der Waals surface area (Å²) in [7, 11) is 3.46. The van der Waals surface area contributed by atoms with E-state index in [2.05, 4.69) is 5.32 Å². The highest BCUT2D eigenvalue weighted by molar-refractivity contribution is 5.95. The molecule has 0 fully saturated rings. The molecule has 3 nitrogen and oxygen atoms in total. The Labute approximate surface area is 121 Å². The van der Waals surface area contributed by atoms with Crippen LogP contribution in [0, 0.1) is 6.92 Å². The van der Waals surface area contributed by atoms with Crippen LogP contribution in [0.2, 0.25) is 0 Å². The highest BCUT2D eigenvalue weighted by atomic mass is 19.4. The van der Waals surface area contributed by atoms with E-state index in [-0.39, 0.29) is 5.70 Å². The third-order valence-corrected chi connectivity index (χ3v) is 2.46. The van der Waals surface area contributed by atoms with Gasteiger partial charge in [-0.15, -0.1) is 0 Å². The predicted octanol–water partition coefficient (Wildman–Crippen LogP) is 3.50. The van der Waals surface area contributed by atoms with Crippen LogP contribution in [0.4, 0.5) is 18.9 Å². The van der Waals surface area contributed by atoms with Gasteiger partial charge in [-0.05, 0) is 25.1 Å². The van der Waals surface area contributed by atoms with Gasteiger partial charge < -0.3 is 10.2 Å². The quantitative estimate of drug-likeness (QED) is 0.667. The summed E-state index contributed by atoms with van der Waals surface area (Å²) in [5, 5.41) is 2.79. The molecule has 1 rings (SSSR count). The first-order valence-corrected chi connectivity index (χ1v) is 6.19. The summed E-state index contributed by atoms with van der Waals surface area (Å²) in [6.07, 6.45) is -1.38. The number of carbonyl (C=O) groups excluding carboxylic acids is 1. The summed E-state index contributed by atoms with van der Waals surface area (Å²) < 4.78 is 37.0. The Bertz CT molecular complexity index is 543. The SMILES string of the molecule is Cc1ccc(NC(=C\C(=O)C(F)(F)F)/C=C/N(C)C)cc1. The van der Waals surface area contributed by atoms with Crippen molar-refractivity contribution in [2.24, 2.45) is 0 Å². The molecule has 0 aliphatic heterocycles. The maximum Gasteiger partial charge on any atom is 0.454 e. The number of halogens is 3. The number of hydrogen-bond acceptors (Lipinski definition) is 3. The first-order valence-electron chi connectivity index (χ1n) is 6.19. The minimum absolute atomic E-state index is 0.0647. The molecular weight excluding hydrogens is 281 g/mol. The number of aryl methyl sites for hydroxylation is 1. The molecule has 6 heteroatoms. The Morgan fingerprint density at radius 2 is 1.76 bits per heavy atom. The van der Waals surface area contributed by atoms with Crippen LogP contribution < -0.4 is 5.32 Å². The average Bonchev–Trinajstić information content (AvgIpc) is 2.37. The number of anilines is 1. The molecule has 1 aromatic rings. The number of nitrogens with zero attached hydrogens (tertiary/aromatic N) is 1. The molecule has 0 aliphatic rings.